The Labute approximate surface area is 376 Å². The fourth-order valence-electron chi connectivity index (χ4n) is 7.43. The third-order valence-corrected chi connectivity index (χ3v) is 12.4. The molecule has 3 aromatic carbocycles. The zero-order valence-corrected chi connectivity index (χ0v) is 38.9. The summed E-state index contributed by atoms with van der Waals surface area (Å²) >= 11 is 6.27. The number of benzene rings is 3. The molecular formula is C46H61ClN6O9S. The Balaban J connectivity index is 0.984. The Kier molecular flexibility index (Phi) is 19.1. The van der Waals surface area contributed by atoms with Crippen LogP contribution in [0.4, 0.5) is 5.69 Å². The summed E-state index contributed by atoms with van der Waals surface area (Å²) in [6, 6.07) is 18.3. The van der Waals surface area contributed by atoms with Crippen molar-refractivity contribution < 1.29 is 41.4 Å². The maximum Gasteiger partial charge on any atom is 0.240 e. The van der Waals surface area contributed by atoms with E-state index in [1.54, 1.807) is 40.1 Å². The monoisotopic (exact) mass is 908 g/mol. The summed E-state index contributed by atoms with van der Waals surface area (Å²) in [6.07, 6.45) is 1.86. The Hall–Kier alpha value is -4.68. The van der Waals surface area contributed by atoms with Crippen molar-refractivity contribution in [2.24, 2.45) is 9.98 Å². The van der Waals surface area contributed by atoms with Crippen LogP contribution in [0.25, 0.3) is 11.1 Å². The molecule has 5 rings (SSSR count). The number of aliphatic imine (C=N–C) groups is 2. The summed E-state index contributed by atoms with van der Waals surface area (Å²) in [4.78, 5) is 25.8. The third-order valence-electron chi connectivity index (χ3n) is 10.6. The number of hydrogen-bond acceptors (Lipinski definition) is 12. The van der Waals surface area contributed by atoms with Crippen LogP contribution in [0.3, 0.4) is 0 Å². The van der Waals surface area contributed by atoms with E-state index in [1.807, 2.05) is 62.4 Å². The Bertz CT molecular complexity index is 2260. The first kappa shape index (κ1) is 49.3. The van der Waals surface area contributed by atoms with Crippen LogP contribution in [0.5, 0.6) is 5.75 Å². The summed E-state index contributed by atoms with van der Waals surface area (Å²) in [5.74, 6) is 2.04. The zero-order valence-electron chi connectivity index (χ0n) is 37.4. The van der Waals surface area contributed by atoms with E-state index in [-0.39, 0.29) is 42.5 Å². The molecule has 2 N–H and O–H groups in total. The van der Waals surface area contributed by atoms with Gasteiger partial charge in [0.2, 0.25) is 15.9 Å². The largest absolute Gasteiger partial charge is 0.497 e. The number of anilines is 1. The molecule has 1 aliphatic rings. The summed E-state index contributed by atoms with van der Waals surface area (Å²) in [5.41, 5.74) is 6.33. The lowest BCUT2D eigenvalue weighted by molar-refractivity contribution is -0.121. The third kappa shape index (κ3) is 13.7. The molecule has 0 aliphatic carbocycles. The number of hydrogen-bond donors (Lipinski definition) is 2. The topological polar surface area (TPSA) is 175 Å². The number of rotatable bonds is 24. The molecule has 4 aromatic rings. The number of fused-ring (bicyclic) bond motifs is 1. The van der Waals surface area contributed by atoms with Crippen LogP contribution in [0.15, 0.2) is 80.1 Å². The zero-order chi connectivity index (χ0) is 45.4. The molecule has 2 heterocycles. The molecule has 0 saturated carbocycles. The van der Waals surface area contributed by atoms with Gasteiger partial charge in [0.25, 0.3) is 0 Å². The first-order valence-electron chi connectivity index (χ1n) is 21.2. The standard InChI is InChI=1S/C46H61ClN6O9S/c1-8-9-42-40(51-46(35-12-14-37(47)15-13-35)39-29-38(57-7)16-17-41(39)53(42)34(5)48-6)30-44(54)49-18-20-58-22-24-60-26-27-61-25-23-59-21-19-50-63(55,56)43-28-36(11-10-31(43)2)45-32(3)52-62-33(45)4/h10-17,28-29,40,42,50H,8-9,18-27,30H2,1-7H3,(H,49,54). The molecule has 63 heavy (non-hydrogen) atoms. The van der Waals surface area contributed by atoms with E-state index in [2.05, 4.69) is 32.0 Å². The molecule has 2 atom stereocenters. The molecule has 0 fully saturated rings. The molecular weight excluding hydrogens is 848 g/mol. The smallest absolute Gasteiger partial charge is 0.240 e. The number of nitrogens with zero attached hydrogens (tertiary/aromatic N) is 4. The highest BCUT2D eigenvalue weighted by Crippen LogP contribution is 2.36. The number of benzodiazepines with no additional fused rings is 1. The van der Waals surface area contributed by atoms with Crippen molar-refractivity contribution in [1.29, 1.82) is 0 Å². The number of halogens is 1. The van der Waals surface area contributed by atoms with Crippen LogP contribution in [0, 0.1) is 20.8 Å². The van der Waals surface area contributed by atoms with Gasteiger partial charge in [-0.1, -0.05) is 54.4 Å². The van der Waals surface area contributed by atoms with Crippen molar-refractivity contribution in [3.8, 4) is 16.9 Å². The molecule has 2 unspecified atom stereocenters. The van der Waals surface area contributed by atoms with E-state index in [9.17, 15) is 13.2 Å². The van der Waals surface area contributed by atoms with Crippen molar-refractivity contribution >= 4 is 44.8 Å². The fourth-order valence-corrected chi connectivity index (χ4v) is 8.83. The number of carbonyl (C=O) groups is 1. The number of amidine groups is 1. The number of aryl methyl sites for hydroxylation is 3. The average molecular weight is 910 g/mol. The minimum absolute atomic E-state index is 0.114. The minimum Gasteiger partial charge on any atom is -0.497 e. The van der Waals surface area contributed by atoms with Gasteiger partial charge in [-0.2, -0.15) is 0 Å². The summed E-state index contributed by atoms with van der Waals surface area (Å²) in [5, 5.41) is 7.61. The number of ether oxygens (including phenoxy) is 5. The lowest BCUT2D eigenvalue weighted by atomic mass is 9.97. The lowest BCUT2D eigenvalue weighted by Crippen LogP contribution is -2.47. The molecule has 1 aromatic heterocycles. The minimum atomic E-state index is -3.76. The van der Waals surface area contributed by atoms with Gasteiger partial charge in [-0.15, -0.1) is 0 Å². The maximum atomic E-state index is 13.5. The van der Waals surface area contributed by atoms with Gasteiger partial charge in [0.1, 0.15) is 17.3 Å². The predicted octanol–water partition coefficient (Wildman–Crippen LogP) is 6.72. The van der Waals surface area contributed by atoms with Crippen LogP contribution >= 0.6 is 11.6 Å². The number of methoxy groups -OCH3 is 1. The van der Waals surface area contributed by atoms with Gasteiger partial charge in [0, 0.05) is 41.9 Å². The van der Waals surface area contributed by atoms with Gasteiger partial charge < -0.3 is 38.4 Å². The van der Waals surface area contributed by atoms with E-state index in [0.717, 1.165) is 52.3 Å². The van der Waals surface area contributed by atoms with Crippen LogP contribution < -0.4 is 19.7 Å². The van der Waals surface area contributed by atoms with Gasteiger partial charge in [0.15, 0.2) is 0 Å². The number of nitrogens with one attached hydrogen (secondary N) is 2. The number of sulfonamides is 1. The molecule has 1 aliphatic heterocycles. The molecule has 15 nitrogen and oxygen atoms in total. The maximum absolute atomic E-state index is 13.5. The van der Waals surface area contributed by atoms with E-state index < -0.39 is 10.0 Å². The van der Waals surface area contributed by atoms with Crippen LogP contribution in [0.1, 0.15) is 61.3 Å². The fraction of sp³-hybridized carbons (Fsp3) is 0.478. The van der Waals surface area contributed by atoms with Gasteiger partial charge in [-0.05, 0) is 81.6 Å². The van der Waals surface area contributed by atoms with Gasteiger partial charge in [-0.25, -0.2) is 13.1 Å². The molecule has 17 heteroatoms. The lowest BCUT2D eigenvalue weighted by Gasteiger charge is -2.36. The predicted molar refractivity (Wildman–Crippen MR) is 246 cm³/mol. The Morgan fingerprint density at radius 1 is 0.873 bits per heavy atom. The Morgan fingerprint density at radius 2 is 1.51 bits per heavy atom. The summed E-state index contributed by atoms with van der Waals surface area (Å²) in [7, 11) is -0.343. The molecule has 342 valence electrons. The van der Waals surface area contributed by atoms with Gasteiger partial charge in [0.05, 0.1) is 100 Å². The normalized spacial score (nSPS) is 15.5. The Morgan fingerprint density at radius 3 is 2.11 bits per heavy atom. The van der Waals surface area contributed by atoms with E-state index in [1.165, 1.54) is 0 Å². The van der Waals surface area contributed by atoms with Crippen molar-refractivity contribution in [2.45, 2.75) is 70.9 Å². The average Bonchev–Trinajstić information content (AvgIpc) is 3.55. The molecule has 0 saturated heterocycles. The van der Waals surface area contributed by atoms with Crippen LogP contribution in [-0.4, -0.2) is 123 Å². The number of aromatic nitrogens is 1. The van der Waals surface area contributed by atoms with Crippen molar-refractivity contribution in [3.05, 3.63) is 93.8 Å². The first-order chi connectivity index (χ1) is 30.4. The van der Waals surface area contributed by atoms with Crippen LogP contribution in [0.2, 0.25) is 5.02 Å². The molecule has 1 amide bonds. The SMILES string of the molecule is CCCC1C(CC(=O)NCCOCCOCCOCCOCCNS(=O)(=O)c2cc(-c3c(C)noc3C)ccc2C)N=C(c2ccc(Cl)cc2)c2cc(OC)ccc2N1C(C)=NC. The molecule has 0 bridgehead atoms. The second kappa shape index (κ2) is 24.4. The van der Waals surface area contributed by atoms with Crippen molar-refractivity contribution in [2.75, 3.05) is 85.0 Å². The van der Waals surface area contributed by atoms with Gasteiger partial charge in [-0.3, -0.25) is 14.8 Å². The second-order valence-electron chi connectivity index (χ2n) is 15.0. The number of carbonyl (C=O) groups excluding carboxylic acids is 1. The molecule has 0 spiro atoms. The highest BCUT2D eigenvalue weighted by atomic mass is 35.5. The van der Waals surface area contributed by atoms with Crippen LogP contribution in [-0.2, 0) is 33.8 Å². The van der Waals surface area contributed by atoms with Crippen molar-refractivity contribution in [3.63, 3.8) is 0 Å². The second-order valence-corrected chi connectivity index (χ2v) is 17.2. The summed E-state index contributed by atoms with van der Waals surface area (Å²) < 4.78 is 62.1. The number of amides is 1. The highest BCUT2D eigenvalue weighted by Gasteiger charge is 2.36. The van der Waals surface area contributed by atoms with Gasteiger partial charge >= 0.3 is 0 Å². The summed E-state index contributed by atoms with van der Waals surface area (Å²) in [6.45, 7) is 12.6. The van der Waals surface area contributed by atoms with E-state index in [4.69, 9.17) is 44.8 Å². The first-order valence-corrected chi connectivity index (χ1v) is 23.1. The quantitative estimate of drug-likeness (QED) is 0.0434. The van der Waals surface area contributed by atoms with E-state index in [0.29, 0.717) is 80.6 Å². The molecule has 0 radical (unpaired) electrons. The van der Waals surface area contributed by atoms with E-state index >= 15 is 0 Å². The van der Waals surface area contributed by atoms with Crippen molar-refractivity contribution in [1.82, 2.24) is 15.2 Å². The highest BCUT2D eigenvalue weighted by molar-refractivity contribution is 7.89.